The van der Waals surface area contributed by atoms with Crippen molar-refractivity contribution >= 4 is 16.9 Å². The van der Waals surface area contributed by atoms with Gasteiger partial charge in [-0.1, -0.05) is 0 Å². The first kappa shape index (κ1) is 19.3. The van der Waals surface area contributed by atoms with E-state index in [0.717, 1.165) is 54.0 Å². The van der Waals surface area contributed by atoms with Crippen LogP contribution in [0.4, 0.5) is 5.82 Å². The zero-order valence-electron chi connectivity index (χ0n) is 17.2. The van der Waals surface area contributed by atoms with Crippen LogP contribution in [-0.2, 0) is 0 Å². The molecule has 0 unspecified atom stereocenters. The second kappa shape index (κ2) is 8.19. The fourth-order valence-electron chi connectivity index (χ4n) is 3.84. The molecule has 3 aromatic heterocycles. The first-order chi connectivity index (χ1) is 15.2. The molecular formula is C22H23N7O2. The molecule has 1 saturated heterocycles. The highest BCUT2D eigenvalue weighted by atomic mass is 16.5. The van der Waals surface area contributed by atoms with Crippen molar-refractivity contribution in [2.24, 2.45) is 0 Å². The lowest BCUT2D eigenvalue weighted by Gasteiger charge is -2.23. The van der Waals surface area contributed by atoms with Crippen LogP contribution >= 0.6 is 0 Å². The van der Waals surface area contributed by atoms with Crippen molar-refractivity contribution < 1.29 is 9.47 Å². The number of anilines is 1. The third kappa shape index (κ3) is 3.75. The van der Waals surface area contributed by atoms with Gasteiger partial charge in [0.15, 0.2) is 5.65 Å². The summed E-state index contributed by atoms with van der Waals surface area (Å²) in [6.45, 7) is 1.88. The van der Waals surface area contributed by atoms with Gasteiger partial charge in [0.1, 0.15) is 29.3 Å². The SMILES string of the molecule is COc1ccc(Oc2ccc(-c3nn([C@@H]4CCCNC4)c4ncnc(N)c34)cn2)cc1. The average Bonchev–Trinajstić information content (AvgIpc) is 3.22. The Hall–Kier alpha value is -3.72. The second-order valence-corrected chi connectivity index (χ2v) is 7.41. The zero-order chi connectivity index (χ0) is 21.2. The highest BCUT2D eigenvalue weighted by molar-refractivity contribution is 5.98. The number of pyridine rings is 1. The smallest absolute Gasteiger partial charge is 0.219 e. The summed E-state index contributed by atoms with van der Waals surface area (Å²) < 4.78 is 13.0. The monoisotopic (exact) mass is 417 g/mol. The fraction of sp³-hybridized carbons (Fsp3) is 0.273. The molecule has 0 saturated carbocycles. The number of aromatic nitrogens is 5. The van der Waals surface area contributed by atoms with Crippen LogP contribution in [-0.4, -0.2) is 44.9 Å². The van der Waals surface area contributed by atoms with E-state index in [4.69, 9.17) is 20.3 Å². The fourth-order valence-corrected chi connectivity index (χ4v) is 3.84. The minimum Gasteiger partial charge on any atom is -0.497 e. The van der Waals surface area contributed by atoms with Gasteiger partial charge in [-0.3, -0.25) is 0 Å². The molecule has 4 heterocycles. The van der Waals surface area contributed by atoms with Gasteiger partial charge >= 0.3 is 0 Å². The maximum absolute atomic E-state index is 6.22. The van der Waals surface area contributed by atoms with Crippen LogP contribution in [0, 0.1) is 0 Å². The molecule has 0 bridgehead atoms. The van der Waals surface area contributed by atoms with Crippen molar-refractivity contribution in [2.45, 2.75) is 18.9 Å². The molecule has 5 rings (SSSR count). The van der Waals surface area contributed by atoms with Gasteiger partial charge in [-0.25, -0.2) is 19.6 Å². The average molecular weight is 417 g/mol. The van der Waals surface area contributed by atoms with Gasteiger partial charge in [0.05, 0.1) is 18.5 Å². The Bertz CT molecular complexity index is 1180. The molecule has 0 aliphatic carbocycles. The van der Waals surface area contributed by atoms with E-state index in [-0.39, 0.29) is 6.04 Å². The number of ether oxygens (including phenoxy) is 2. The summed E-state index contributed by atoms with van der Waals surface area (Å²) >= 11 is 0. The zero-order valence-corrected chi connectivity index (χ0v) is 17.2. The van der Waals surface area contributed by atoms with Crippen molar-refractivity contribution in [2.75, 3.05) is 25.9 Å². The van der Waals surface area contributed by atoms with E-state index in [1.54, 1.807) is 13.3 Å². The molecule has 0 radical (unpaired) electrons. The topological polar surface area (TPSA) is 113 Å². The minimum atomic E-state index is 0.227. The molecule has 9 heteroatoms. The molecule has 3 N–H and O–H groups in total. The van der Waals surface area contributed by atoms with Gasteiger partial charge < -0.3 is 20.5 Å². The summed E-state index contributed by atoms with van der Waals surface area (Å²) in [5.74, 6) is 2.34. The number of nitrogens with zero attached hydrogens (tertiary/aromatic N) is 5. The third-order valence-electron chi connectivity index (χ3n) is 5.43. The van der Waals surface area contributed by atoms with E-state index in [9.17, 15) is 0 Å². The van der Waals surface area contributed by atoms with Crippen LogP contribution in [0.25, 0.3) is 22.3 Å². The lowest BCUT2D eigenvalue weighted by Crippen LogP contribution is -2.32. The Morgan fingerprint density at radius 3 is 2.61 bits per heavy atom. The van der Waals surface area contributed by atoms with Crippen LogP contribution in [0.1, 0.15) is 18.9 Å². The molecule has 1 fully saturated rings. The Kier molecular flexibility index (Phi) is 5.09. The molecule has 1 atom stereocenters. The maximum atomic E-state index is 6.22. The number of nitrogens with one attached hydrogen (secondary N) is 1. The van der Waals surface area contributed by atoms with E-state index in [1.165, 1.54) is 6.33 Å². The number of benzene rings is 1. The summed E-state index contributed by atoms with van der Waals surface area (Å²) in [7, 11) is 1.63. The first-order valence-electron chi connectivity index (χ1n) is 10.2. The summed E-state index contributed by atoms with van der Waals surface area (Å²) in [6, 6.07) is 11.3. The third-order valence-corrected chi connectivity index (χ3v) is 5.43. The van der Waals surface area contributed by atoms with Crippen molar-refractivity contribution in [1.82, 2.24) is 30.0 Å². The molecule has 1 aliphatic rings. The summed E-state index contributed by atoms with van der Waals surface area (Å²) in [4.78, 5) is 13.1. The Morgan fingerprint density at radius 2 is 1.90 bits per heavy atom. The molecule has 31 heavy (non-hydrogen) atoms. The van der Waals surface area contributed by atoms with Gasteiger partial charge in [-0.2, -0.15) is 5.10 Å². The molecular weight excluding hydrogens is 394 g/mol. The number of hydrogen-bond donors (Lipinski definition) is 2. The van der Waals surface area contributed by atoms with Crippen molar-refractivity contribution in [3.05, 3.63) is 48.9 Å². The van der Waals surface area contributed by atoms with Crippen molar-refractivity contribution in [3.8, 4) is 28.6 Å². The van der Waals surface area contributed by atoms with E-state index >= 15 is 0 Å². The van der Waals surface area contributed by atoms with E-state index in [0.29, 0.717) is 17.4 Å². The van der Waals surface area contributed by atoms with Crippen molar-refractivity contribution in [1.29, 1.82) is 0 Å². The van der Waals surface area contributed by atoms with Crippen molar-refractivity contribution in [3.63, 3.8) is 0 Å². The number of methoxy groups -OCH3 is 1. The highest BCUT2D eigenvalue weighted by Gasteiger charge is 2.23. The number of rotatable bonds is 5. The van der Waals surface area contributed by atoms with Crippen LogP contribution in [0.15, 0.2) is 48.9 Å². The van der Waals surface area contributed by atoms with Crippen LogP contribution < -0.4 is 20.5 Å². The number of hydrogen-bond acceptors (Lipinski definition) is 8. The predicted octanol–water partition coefficient (Wildman–Crippen LogP) is 3.20. The van der Waals surface area contributed by atoms with E-state index in [1.807, 2.05) is 41.1 Å². The Labute approximate surface area is 179 Å². The number of nitrogen functional groups attached to an aromatic ring is 1. The Balaban J connectivity index is 1.47. The summed E-state index contributed by atoms with van der Waals surface area (Å²) in [5.41, 5.74) is 8.52. The molecule has 158 valence electrons. The molecule has 4 aromatic rings. The van der Waals surface area contributed by atoms with Gasteiger partial charge in [0.25, 0.3) is 0 Å². The highest BCUT2D eigenvalue weighted by Crippen LogP contribution is 2.33. The van der Waals surface area contributed by atoms with Crippen LogP contribution in [0.5, 0.6) is 17.4 Å². The largest absolute Gasteiger partial charge is 0.497 e. The Morgan fingerprint density at radius 1 is 1.06 bits per heavy atom. The van der Waals surface area contributed by atoms with Gasteiger partial charge in [-0.15, -0.1) is 0 Å². The lowest BCUT2D eigenvalue weighted by molar-refractivity contribution is 0.354. The first-order valence-corrected chi connectivity index (χ1v) is 10.2. The summed E-state index contributed by atoms with van der Waals surface area (Å²) in [5, 5.41) is 9.05. The molecule has 1 aliphatic heterocycles. The van der Waals surface area contributed by atoms with Crippen LogP contribution in [0.2, 0.25) is 0 Å². The normalized spacial score (nSPS) is 16.4. The van der Waals surface area contributed by atoms with E-state index < -0.39 is 0 Å². The van der Waals surface area contributed by atoms with Gasteiger partial charge in [0.2, 0.25) is 5.88 Å². The molecule has 1 aromatic carbocycles. The standard InChI is InChI=1S/C22H23N7O2/c1-30-16-5-7-17(8-6-16)31-18-9-4-14(11-25-18)20-19-21(23)26-13-27-22(19)29(28-20)15-3-2-10-24-12-15/h4-9,11,13,15,24H,2-3,10,12H2,1H3,(H2,23,26,27)/t15-/m1/s1. The summed E-state index contributed by atoms with van der Waals surface area (Å²) in [6.07, 6.45) is 5.36. The minimum absolute atomic E-state index is 0.227. The van der Waals surface area contributed by atoms with E-state index in [2.05, 4.69) is 20.3 Å². The van der Waals surface area contributed by atoms with Gasteiger partial charge in [-0.05, 0) is 49.7 Å². The lowest BCUT2D eigenvalue weighted by atomic mass is 10.1. The quantitative estimate of drug-likeness (QED) is 0.509. The molecule has 0 amide bonds. The maximum Gasteiger partial charge on any atom is 0.219 e. The molecule has 0 spiro atoms. The number of fused-ring (bicyclic) bond motifs is 1. The number of piperidine rings is 1. The predicted molar refractivity (Wildman–Crippen MR) is 117 cm³/mol. The van der Waals surface area contributed by atoms with Gasteiger partial charge in [0, 0.05) is 24.4 Å². The van der Waals surface area contributed by atoms with Crippen LogP contribution in [0.3, 0.4) is 0 Å². The number of nitrogens with two attached hydrogens (primary N) is 1. The molecule has 9 nitrogen and oxygen atoms in total. The second-order valence-electron chi connectivity index (χ2n) is 7.41.